The highest BCUT2D eigenvalue weighted by atomic mass is 32.1. The Hall–Kier alpha value is -1.14. The van der Waals surface area contributed by atoms with Crippen LogP contribution in [0.1, 0.15) is 25.0 Å². The summed E-state index contributed by atoms with van der Waals surface area (Å²) in [7, 11) is 1.38. The minimum atomic E-state index is -0.262. The number of nitrogens with one attached hydrogen (secondary N) is 1. The first-order valence-electron chi connectivity index (χ1n) is 6.14. The van der Waals surface area contributed by atoms with Crippen LogP contribution in [0, 0.1) is 0 Å². The van der Waals surface area contributed by atoms with Gasteiger partial charge in [0.1, 0.15) is 0 Å². The summed E-state index contributed by atoms with van der Waals surface area (Å²) < 4.78 is 10.2. The van der Waals surface area contributed by atoms with Crippen molar-refractivity contribution in [1.29, 1.82) is 0 Å². The number of hydrogen-bond acceptors (Lipinski definition) is 6. The summed E-state index contributed by atoms with van der Waals surface area (Å²) in [5.41, 5.74) is 0.749. The highest BCUT2D eigenvalue weighted by Gasteiger charge is 2.14. The second kappa shape index (κ2) is 6.70. The van der Waals surface area contributed by atoms with E-state index in [9.17, 15) is 4.79 Å². The molecule has 1 aliphatic rings. The number of nitrogens with zero attached hydrogens (tertiary/aromatic N) is 1. The van der Waals surface area contributed by atoms with Crippen molar-refractivity contribution >= 4 is 22.4 Å². The van der Waals surface area contributed by atoms with Crippen LogP contribution in [0.4, 0.5) is 5.13 Å². The van der Waals surface area contributed by atoms with Crippen LogP contribution in [0.25, 0.3) is 0 Å². The minimum Gasteiger partial charge on any atom is -0.469 e. The quantitative estimate of drug-likeness (QED) is 0.827. The molecule has 0 saturated carbocycles. The van der Waals surface area contributed by atoms with Crippen LogP contribution in [0.5, 0.6) is 0 Å². The maximum absolute atomic E-state index is 11.1. The van der Waals surface area contributed by atoms with Crippen molar-refractivity contribution in [3.8, 4) is 0 Å². The first-order valence-corrected chi connectivity index (χ1v) is 7.02. The highest BCUT2D eigenvalue weighted by molar-refractivity contribution is 7.13. The molecule has 0 bridgehead atoms. The Morgan fingerprint density at radius 3 is 3.28 bits per heavy atom. The lowest BCUT2D eigenvalue weighted by atomic mass is 10.1. The second-order valence-electron chi connectivity index (χ2n) is 4.27. The number of rotatable bonds is 5. The lowest BCUT2D eigenvalue weighted by molar-refractivity contribution is -0.139. The average molecular weight is 270 g/mol. The molecule has 0 aromatic carbocycles. The van der Waals surface area contributed by atoms with Crippen LogP contribution >= 0.6 is 11.3 Å². The molecular weight excluding hydrogens is 252 g/mol. The summed E-state index contributed by atoms with van der Waals surface area (Å²) >= 11 is 1.51. The molecule has 1 aromatic rings. The SMILES string of the molecule is COC(=O)Cc1csc(NCC2CCCCO2)n1. The average Bonchev–Trinajstić information content (AvgIpc) is 2.85. The Morgan fingerprint density at radius 1 is 1.67 bits per heavy atom. The Labute approximate surface area is 111 Å². The number of hydrogen-bond donors (Lipinski definition) is 1. The van der Waals surface area contributed by atoms with Crippen molar-refractivity contribution in [2.24, 2.45) is 0 Å². The molecule has 1 aromatic heterocycles. The highest BCUT2D eigenvalue weighted by Crippen LogP contribution is 2.18. The summed E-state index contributed by atoms with van der Waals surface area (Å²) in [6.07, 6.45) is 4.02. The second-order valence-corrected chi connectivity index (χ2v) is 5.12. The number of anilines is 1. The molecule has 0 radical (unpaired) electrons. The predicted molar refractivity (Wildman–Crippen MR) is 69.9 cm³/mol. The van der Waals surface area contributed by atoms with E-state index in [-0.39, 0.29) is 18.5 Å². The number of carbonyl (C=O) groups is 1. The van der Waals surface area contributed by atoms with Gasteiger partial charge in [-0.25, -0.2) is 4.98 Å². The van der Waals surface area contributed by atoms with Crippen LogP contribution in [0.2, 0.25) is 0 Å². The third kappa shape index (κ3) is 3.96. The zero-order chi connectivity index (χ0) is 12.8. The molecule has 1 N–H and O–H groups in total. The Morgan fingerprint density at radius 2 is 2.56 bits per heavy atom. The lowest BCUT2D eigenvalue weighted by Crippen LogP contribution is -2.26. The van der Waals surface area contributed by atoms with E-state index < -0.39 is 0 Å². The summed E-state index contributed by atoms with van der Waals surface area (Å²) in [4.78, 5) is 15.4. The van der Waals surface area contributed by atoms with Crippen LogP contribution in [0.15, 0.2) is 5.38 Å². The lowest BCUT2D eigenvalue weighted by Gasteiger charge is -2.22. The van der Waals surface area contributed by atoms with E-state index in [1.54, 1.807) is 0 Å². The molecular formula is C12H18N2O3S. The summed E-state index contributed by atoms with van der Waals surface area (Å²) in [6, 6.07) is 0. The minimum absolute atomic E-state index is 0.231. The molecule has 18 heavy (non-hydrogen) atoms. The van der Waals surface area contributed by atoms with E-state index in [1.165, 1.54) is 24.9 Å². The van der Waals surface area contributed by atoms with Crippen molar-refractivity contribution in [3.05, 3.63) is 11.1 Å². The van der Waals surface area contributed by atoms with Gasteiger partial charge in [0.15, 0.2) is 5.13 Å². The smallest absolute Gasteiger partial charge is 0.311 e. The molecule has 6 heteroatoms. The molecule has 100 valence electrons. The van der Waals surface area contributed by atoms with Crippen LogP contribution in [0.3, 0.4) is 0 Å². The number of methoxy groups -OCH3 is 1. The van der Waals surface area contributed by atoms with Crippen molar-refractivity contribution in [1.82, 2.24) is 4.98 Å². The van der Waals surface area contributed by atoms with Gasteiger partial charge in [-0.2, -0.15) is 0 Å². The number of ether oxygens (including phenoxy) is 2. The Balaban J connectivity index is 1.77. The van der Waals surface area contributed by atoms with Gasteiger partial charge in [-0.1, -0.05) is 0 Å². The van der Waals surface area contributed by atoms with E-state index in [1.807, 2.05) is 5.38 Å². The third-order valence-electron chi connectivity index (χ3n) is 2.86. The molecule has 1 unspecified atom stereocenters. The maximum atomic E-state index is 11.1. The molecule has 0 amide bonds. The first-order chi connectivity index (χ1) is 8.78. The molecule has 1 aliphatic heterocycles. The van der Waals surface area contributed by atoms with Crippen molar-refractivity contribution in [3.63, 3.8) is 0 Å². The standard InChI is InChI=1S/C12H18N2O3S/c1-16-11(15)6-9-8-18-12(14-9)13-7-10-4-2-3-5-17-10/h8,10H,2-7H2,1H3,(H,13,14). The van der Waals surface area contributed by atoms with Crippen molar-refractivity contribution in [2.45, 2.75) is 31.8 Å². The first kappa shape index (κ1) is 13.3. The van der Waals surface area contributed by atoms with E-state index >= 15 is 0 Å². The normalized spacial score (nSPS) is 19.5. The van der Waals surface area contributed by atoms with E-state index in [0.717, 1.165) is 36.8 Å². The monoisotopic (exact) mass is 270 g/mol. The van der Waals surface area contributed by atoms with Crippen LogP contribution in [-0.4, -0.2) is 37.3 Å². The van der Waals surface area contributed by atoms with E-state index in [0.29, 0.717) is 0 Å². The molecule has 1 saturated heterocycles. The molecule has 0 aliphatic carbocycles. The van der Waals surface area contributed by atoms with Gasteiger partial charge in [0.2, 0.25) is 0 Å². The summed E-state index contributed by atoms with van der Waals surface area (Å²) in [5.74, 6) is -0.262. The fourth-order valence-corrected chi connectivity index (χ4v) is 2.58. The largest absolute Gasteiger partial charge is 0.469 e. The number of esters is 1. The van der Waals surface area contributed by atoms with Gasteiger partial charge in [0.05, 0.1) is 25.3 Å². The third-order valence-corrected chi connectivity index (χ3v) is 3.71. The summed E-state index contributed by atoms with van der Waals surface area (Å²) in [5, 5.41) is 5.97. The topological polar surface area (TPSA) is 60.5 Å². The van der Waals surface area contributed by atoms with E-state index in [2.05, 4.69) is 15.0 Å². The Kier molecular flexibility index (Phi) is 4.95. The van der Waals surface area contributed by atoms with Gasteiger partial charge in [-0.3, -0.25) is 4.79 Å². The number of aromatic nitrogens is 1. The van der Waals surface area contributed by atoms with Crippen LogP contribution in [-0.2, 0) is 20.7 Å². The molecule has 1 atom stereocenters. The van der Waals surface area contributed by atoms with Crippen molar-refractivity contribution < 1.29 is 14.3 Å². The molecule has 1 fully saturated rings. The van der Waals surface area contributed by atoms with Gasteiger partial charge >= 0.3 is 5.97 Å². The summed E-state index contributed by atoms with van der Waals surface area (Å²) in [6.45, 7) is 1.64. The zero-order valence-electron chi connectivity index (χ0n) is 10.5. The van der Waals surface area contributed by atoms with Gasteiger partial charge in [-0.15, -0.1) is 11.3 Å². The molecule has 2 heterocycles. The Bertz CT molecular complexity index is 388. The fraction of sp³-hybridized carbons (Fsp3) is 0.667. The van der Waals surface area contributed by atoms with Gasteiger partial charge in [-0.05, 0) is 19.3 Å². The van der Waals surface area contributed by atoms with Gasteiger partial charge < -0.3 is 14.8 Å². The fourth-order valence-electron chi connectivity index (χ4n) is 1.86. The molecule has 2 rings (SSSR count). The van der Waals surface area contributed by atoms with E-state index in [4.69, 9.17) is 4.74 Å². The molecule has 5 nitrogen and oxygen atoms in total. The van der Waals surface area contributed by atoms with Crippen LogP contribution < -0.4 is 5.32 Å². The predicted octanol–water partition coefficient (Wildman–Crippen LogP) is 1.84. The molecule has 0 spiro atoms. The van der Waals surface area contributed by atoms with Gasteiger partial charge in [0.25, 0.3) is 0 Å². The zero-order valence-corrected chi connectivity index (χ0v) is 11.3. The number of carbonyl (C=O) groups excluding carboxylic acids is 1. The maximum Gasteiger partial charge on any atom is 0.311 e. The van der Waals surface area contributed by atoms with Crippen molar-refractivity contribution in [2.75, 3.05) is 25.6 Å². The number of thiazole rings is 1. The van der Waals surface area contributed by atoms with Gasteiger partial charge in [0, 0.05) is 18.5 Å².